The van der Waals surface area contributed by atoms with Crippen LogP contribution in [-0.4, -0.2) is 18.5 Å². The van der Waals surface area contributed by atoms with Gasteiger partial charge in [-0.05, 0) is 38.2 Å². The van der Waals surface area contributed by atoms with Crippen LogP contribution in [0, 0.1) is 41.5 Å². The van der Waals surface area contributed by atoms with Crippen molar-refractivity contribution in [2.24, 2.45) is 0 Å². The van der Waals surface area contributed by atoms with E-state index in [2.05, 4.69) is 173 Å². The van der Waals surface area contributed by atoms with Crippen LogP contribution in [0.1, 0.15) is 126 Å². The molecular formula is C39H60GePS. The Hall–Kier alpha value is -1.02. The molecule has 0 bridgehead atoms. The van der Waals surface area contributed by atoms with Crippen molar-refractivity contribution in [1.29, 1.82) is 0 Å². The van der Waals surface area contributed by atoms with Gasteiger partial charge in [0.05, 0.1) is 0 Å². The molecule has 0 aliphatic rings. The van der Waals surface area contributed by atoms with Crippen molar-refractivity contribution in [3.05, 3.63) is 86.5 Å². The van der Waals surface area contributed by atoms with E-state index in [1.165, 1.54) is 55.4 Å². The molecule has 42 heavy (non-hydrogen) atoms. The summed E-state index contributed by atoms with van der Waals surface area (Å²) in [6.45, 7) is 39.0. The molecule has 0 fully saturated rings. The molecule has 0 amide bonds. The number of hydrogen-bond acceptors (Lipinski definition) is 1. The molecular weight excluding hydrogens is 604 g/mol. The second-order valence-corrected chi connectivity index (χ2v) is 24.6. The van der Waals surface area contributed by atoms with E-state index in [1.54, 1.807) is 8.79 Å². The van der Waals surface area contributed by atoms with Gasteiger partial charge in [-0.15, -0.1) is 9.24 Å². The van der Waals surface area contributed by atoms with E-state index >= 15 is 0 Å². The van der Waals surface area contributed by atoms with Crippen molar-refractivity contribution >= 4 is 46.6 Å². The van der Waals surface area contributed by atoms with Crippen molar-refractivity contribution < 1.29 is 0 Å². The van der Waals surface area contributed by atoms with E-state index in [4.69, 9.17) is 0 Å². The first-order valence-corrected chi connectivity index (χ1v) is 21.7. The molecule has 1 radical (unpaired) electrons. The van der Waals surface area contributed by atoms with Gasteiger partial charge in [0.25, 0.3) is 0 Å². The van der Waals surface area contributed by atoms with Crippen LogP contribution in [0.3, 0.4) is 0 Å². The molecule has 0 aliphatic heterocycles. The first-order valence-electron chi connectivity index (χ1n) is 15.6. The average molecular weight is 665 g/mol. The van der Waals surface area contributed by atoms with Gasteiger partial charge in [0.1, 0.15) is 0 Å². The van der Waals surface area contributed by atoms with Crippen molar-refractivity contribution in [3.63, 3.8) is 0 Å². The van der Waals surface area contributed by atoms with Crippen LogP contribution in [0.5, 0.6) is 0 Å². The topological polar surface area (TPSA) is 0 Å². The Bertz CT molecular complexity index is 1250. The van der Waals surface area contributed by atoms with Crippen LogP contribution in [0.2, 0.25) is 0 Å². The Morgan fingerprint density at radius 1 is 0.548 bits per heavy atom. The Balaban J connectivity index is 0.000000299. The molecule has 0 aliphatic carbocycles. The maximum atomic E-state index is 2.98. The van der Waals surface area contributed by atoms with E-state index in [0.29, 0.717) is 5.25 Å². The second-order valence-electron chi connectivity index (χ2n) is 15.8. The Labute approximate surface area is 271 Å². The van der Waals surface area contributed by atoms with Crippen LogP contribution in [0.4, 0.5) is 0 Å². The molecule has 3 aromatic carbocycles. The molecule has 3 aromatic rings. The van der Waals surface area contributed by atoms with Crippen LogP contribution >= 0.6 is 19.3 Å². The molecule has 0 aromatic heterocycles. The summed E-state index contributed by atoms with van der Waals surface area (Å²) >= 11 is -1.63. The van der Waals surface area contributed by atoms with Gasteiger partial charge in [0.2, 0.25) is 0 Å². The van der Waals surface area contributed by atoms with Crippen molar-refractivity contribution in [2.75, 3.05) is 0 Å². The third-order valence-electron chi connectivity index (χ3n) is 7.82. The Kier molecular flexibility index (Phi) is 12.4. The molecule has 3 heteroatoms. The minimum atomic E-state index is -1.63. The molecule has 0 saturated heterocycles. The number of aryl methyl sites for hydroxylation is 6. The van der Waals surface area contributed by atoms with E-state index in [1.807, 2.05) is 0 Å². The summed E-state index contributed by atoms with van der Waals surface area (Å²) in [7, 11) is 5.22. The molecule has 0 N–H and O–H groups in total. The molecule has 231 valence electrons. The van der Waals surface area contributed by atoms with Gasteiger partial charge in [-0.25, -0.2) is 0 Å². The van der Waals surface area contributed by atoms with Gasteiger partial charge < -0.3 is 0 Å². The van der Waals surface area contributed by atoms with E-state index < -0.39 is 13.2 Å². The summed E-state index contributed by atoms with van der Waals surface area (Å²) in [5.74, 6) is 0. The van der Waals surface area contributed by atoms with Crippen LogP contribution in [0.25, 0.3) is 0 Å². The Morgan fingerprint density at radius 3 is 1.10 bits per heavy atom. The molecule has 0 nitrogen and oxygen atoms in total. The number of hydrogen-bond donors (Lipinski definition) is 0. The predicted molar refractivity (Wildman–Crippen MR) is 201 cm³/mol. The first kappa shape index (κ1) is 37.2. The van der Waals surface area contributed by atoms with Crippen molar-refractivity contribution in [2.45, 2.75) is 139 Å². The standard InChI is InChI=1S/C21H29GeS.C18H31P/c1-13(2)23-22(20-16(5)9-14(3)10-17(20)6)21-18(7)11-15(4)12-19(21)8;1-16(2,3)12-10-13(17(4,5)6)15(19)14(11-12)18(7,8)9/h9-13H,1-8H3;10-11H,19H2,1-9H3. The van der Waals surface area contributed by atoms with Crippen molar-refractivity contribution in [1.82, 2.24) is 0 Å². The average Bonchev–Trinajstić information content (AvgIpc) is 2.75. The normalized spacial score (nSPS) is 12.6. The second kappa shape index (κ2) is 14.0. The van der Waals surface area contributed by atoms with E-state index in [0.717, 1.165) is 0 Å². The SMILES string of the molecule is CC(C)(C)c1cc(C(C)(C)C)c(P)c(C(C)(C)C)c1.Cc1cc(C)[c]([Ge]([S]C(C)C)[c]2c(C)cc(C)cc2C)c(C)c1. The molecule has 0 spiro atoms. The zero-order valence-corrected chi connectivity index (χ0v) is 34.1. The predicted octanol–water partition coefficient (Wildman–Crippen LogP) is 9.86. The third kappa shape index (κ3) is 9.49. The van der Waals surface area contributed by atoms with Gasteiger partial charge in [-0.2, -0.15) is 0 Å². The number of rotatable bonds is 4. The molecule has 1 atom stereocenters. The van der Waals surface area contributed by atoms with Gasteiger partial charge in [-0.3, -0.25) is 0 Å². The monoisotopic (exact) mass is 665 g/mol. The fraction of sp³-hybridized carbons (Fsp3) is 0.538. The summed E-state index contributed by atoms with van der Waals surface area (Å²) < 4.78 is 3.34. The molecule has 0 saturated carbocycles. The van der Waals surface area contributed by atoms with Gasteiger partial charge in [-0.1, -0.05) is 74.4 Å². The quantitative estimate of drug-likeness (QED) is 0.198. The zero-order chi connectivity index (χ0) is 32.5. The summed E-state index contributed by atoms with van der Waals surface area (Å²) in [5.41, 5.74) is 13.6. The summed E-state index contributed by atoms with van der Waals surface area (Å²) in [4.78, 5) is 0. The molecule has 3 rings (SSSR count). The van der Waals surface area contributed by atoms with Crippen LogP contribution in [-0.2, 0) is 16.2 Å². The fourth-order valence-electron chi connectivity index (χ4n) is 5.88. The van der Waals surface area contributed by atoms with E-state index in [-0.39, 0.29) is 16.2 Å². The Morgan fingerprint density at radius 2 is 0.857 bits per heavy atom. The zero-order valence-electron chi connectivity index (χ0n) is 30.0. The maximum absolute atomic E-state index is 2.98. The summed E-state index contributed by atoms with van der Waals surface area (Å²) in [5, 5.41) is 2.05. The van der Waals surface area contributed by atoms with Crippen molar-refractivity contribution in [3.8, 4) is 0 Å². The van der Waals surface area contributed by atoms with Gasteiger partial charge in [0, 0.05) is 0 Å². The van der Waals surface area contributed by atoms with Crippen LogP contribution < -0.4 is 14.1 Å². The van der Waals surface area contributed by atoms with E-state index in [9.17, 15) is 0 Å². The number of benzene rings is 3. The third-order valence-corrected chi connectivity index (χ3v) is 20.9. The first-order chi connectivity index (χ1) is 18.9. The molecule has 0 heterocycles. The minimum absolute atomic E-state index is 0.179. The van der Waals surface area contributed by atoms with Gasteiger partial charge >= 0.3 is 150 Å². The summed E-state index contributed by atoms with van der Waals surface area (Å²) in [6, 6.07) is 14.3. The summed E-state index contributed by atoms with van der Waals surface area (Å²) in [6.07, 6.45) is 0. The van der Waals surface area contributed by atoms with Gasteiger partial charge in [0.15, 0.2) is 0 Å². The fourth-order valence-corrected chi connectivity index (χ4v) is 19.6. The molecule has 1 unspecified atom stereocenters. The van der Waals surface area contributed by atoms with Crippen LogP contribution in [0.15, 0.2) is 36.4 Å².